The van der Waals surface area contributed by atoms with E-state index in [1.165, 1.54) is 0 Å². The average Bonchev–Trinajstić information content (AvgIpc) is 2.18. The van der Waals surface area contributed by atoms with Crippen molar-refractivity contribution in [2.45, 2.75) is 0 Å². The van der Waals surface area contributed by atoms with Gasteiger partial charge in [-0.25, -0.2) is 5.43 Å². The first-order chi connectivity index (χ1) is 6.27. The molecule has 4 nitrogen and oxygen atoms in total. The molecule has 3 N–H and O–H groups in total. The van der Waals surface area contributed by atoms with E-state index in [1.54, 1.807) is 19.2 Å². The minimum atomic E-state index is -0.134. The first-order valence-corrected chi connectivity index (χ1v) is 4.03. The SMILES string of the molecule is CNNC(=O)c1ccc(NC)cc1. The molecule has 0 radical (unpaired) electrons. The number of hydrogen-bond acceptors (Lipinski definition) is 3. The standard InChI is InChI=1S/C9H13N3O/c1-10-8-5-3-7(4-6-8)9(13)12-11-2/h3-6,10-11H,1-2H3,(H,12,13). The van der Waals surface area contributed by atoms with Crippen molar-refractivity contribution in [3.63, 3.8) is 0 Å². The zero-order valence-corrected chi connectivity index (χ0v) is 7.72. The molecule has 1 amide bonds. The molecule has 13 heavy (non-hydrogen) atoms. The molecule has 0 aliphatic rings. The third-order valence-electron chi connectivity index (χ3n) is 1.67. The Hall–Kier alpha value is -1.55. The third-order valence-corrected chi connectivity index (χ3v) is 1.67. The minimum Gasteiger partial charge on any atom is -0.388 e. The smallest absolute Gasteiger partial charge is 0.265 e. The normalized spacial score (nSPS) is 9.38. The van der Waals surface area contributed by atoms with Gasteiger partial charge in [-0.2, -0.15) is 0 Å². The number of carbonyl (C=O) groups excluding carboxylic acids is 1. The molecule has 0 fully saturated rings. The van der Waals surface area contributed by atoms with Gasteiger partial charge in [0.05, 0.1) is 0 Å². The summed E-state index contributed by atoms with van der Waals surface area (Å²) in [6, 6.07) is 7.23. The van der Waals surface area contributed by atoms with Gasteiger partial charge in [0, 0.05) is 25.3 Å². The Labute approximate surface area is 77.3 Å². The van der Waals surface area contributed by atoms with Crippen LogP contribution in [0.3, 0.4) is 0 Å². The van der Waals surface area contributed by atoms with Crippen LogP contribution in [0, 0.1) is 0 Å². The van der Waals surface area contributed by atoms with E-state index in [0.29, 0.717) is 5.56 Å². The van der Waals surface area contributed by atoms with Crippen molar-refractivity contribution in [3.8, 4) is 0 Å². The quantitative estimate of drug-likeness (QED) is 0.595. The summed E-state index contributed by atoms with van der Waals surface area (Å²) in [5.74, 6) is -0.134. The summed E-state index contributed by atoms with van der Waals surface area (Å²) >= 11 is 0. The van der Waals surface area contributed by atoms with Crippen molar-refractivity contribution in [2.75, 3.05) is 19.4 Å². The molecule has 1 aromatic carbocycles. The molecule has 1 aromatic rings. The predicted molar refractivity (Wildman–Crippen MR) is 52.5 cm³/mol. The Morgan fingerprint density at radius 1 is 1.15 bits per heavy atom. The molecule has 0 aromatic heterocycles. The highest BCUT2D eigenvalue weighted by Gasteiger charge is 2.02. The maximum absolute atomic E-state index is 11.3. The van der Waals surface area contributed by atoms with E-state index in [0.717, 1.165) is 5.69 Å². The Balaban J connectivity index is 2.74. The second-order valence-corrected chi connectivity index (χ2v) is 2.53. The van der Waals surface area contributed by atoms with E-state index in [4.69, 9.17) is 0 Å². The Morgan fingerprint density at radius 3 is 2.23 bits per heavy atom. The predicted octanol–water partition coefficient (Wildman–Crippen LogP) is 0.592. The summed E-state index contributed by atoms with van der Waals surface area (Å²) in [6.07, 6.45) is 0. The maximum atomic E-state index is 11.3. The molecule has 0 unspecified atom stereocenters. The average molecular weight is 179 g/mol. The van der Waals surface area contributed by atoms with Crippen LogP contribution < -0.4 is 16.2 Å². The van der Waals surface area contributed by atoms with Crippen LogP contribution in [0.25, 0.3) is 0 Å². The van der Waals surface area contributed by atoms with Gasteiger partial charge < -0.3 is 5.32 Å². The zero-order valence-electron chi connectivity index (χ0n) is 7.72. The van der Waals surface area contributed by atoms with Gasteiger partial charge in [-0.05, 0) is 24.3 Å². The molecule has 1 rings (SSSR count). The van der Waals surface area contributed by atoms with E-state index in [2.05, 4.69) is 16.2 Å². The Morgan fingerprint density at radius 2 is 1.77 bits per heavy atom. The van der Waals surface area contributed by atoms with Gasteiger partial charge in [0.1, 0.15) is 0 Å². The first-order valence-electron chi connectivity index (χ1n) is 4.03. The van der Waals surface area contributed by atoms with Crippen molar-refractivity contribution >= 4 is 11.6 Å². The summed E-state index contributed by atoms with van der Waals surface area (Å²) in [4.78, 5) is 11.3. The summed E-state index contributed by atoms with van der Waals surface area (Å²) < 4.78 is 0. The summed E-state index contributed by atoms with van der Waals surface area (Å²) in [6.45, 7) is 0. The fourth-order valence-corrected chi connectivity index (χ4v) is 0.974. The molecule has 70 valence electrons. The number of rotatable bonds is 3. The number of hydrazine groups is 1. The number of amides is 1. The van der Waals surface area contributed by atoms with Crippen LogP contribution in [0.1, 0.15) is 10.4 Å². The highest BCUT2D eigenvalue weighted by atomic mass is 16.2. The van der Waals surface area contributed by atoms with E-state index in [9.17, 15) is 4.79 Å². The summed E-state index contributed by atoms with van der Waals surface area (Å²) in [5.41, 5.74) is 6.69. The lowest BCUT2D eigenvalue weighted by molar-refractivity contribution is 0.0938. The lowest BCUT2D eigenvalue weighted by atomic mass is 10.2. The molecule has 4 heteroatoms. The number of carbonyl (C=O) groups is 1. The number of hydrogen-bond donors (Lipinski definition) is 3. The van der Waals surface area contributed by atoms with Crippen molar-refractivity contribution in [1.82, 2.24) is 10.9 Å². The van der Waals surface area contributed by atoms with Crippen LogP contribution in [0.15, 0.2) is 24.3 Å². The largest absolute Gasteiger partial charge is 0.388 e. The van der Waals surface area contributed by atoms with Gasteiger partial charge in [-0.1, -0.05) is 0 Å². The van der Waals surface area contributed by atoms with Crippen molar-refractivity contribution in [3.05, 3.63) is 29.8 Å². The molecule has 0 atom stereocenters. The molecule has 0 saturated carbocycles. The number of anilines is 1. The first kappa shape index (κ1) is 9.54. The summed E-state index contributed by atoms with van der Waals surface area (Å²) in [7, 11) is 3.49. The molecular formula is C9H13N3O. The van der Waals surface area contributed by atoms with Crippen molar-refractivity contribution in [1.29, 1.82) is 0 Å². The number of benzene rings is 1. The second kappa shape index (κ2) is 4.47. The maximum Gasteiger partial charge on any atom is 0.265 e. The van der Waals surface area contributed by atoms with Crippen molar-refractivity contribution in [2.24, 2.45) is 0 Å². The van der Waals surface area contributed by atoms with Gasteiger partial charge in [-0.15, -0.1) is 0 Å². The van der Waals surface area contributed by atoms with Gasteiger partial charge in [0.2, 0.25) is 0 Å². The molecule has 0 aliphatic carbocycles. The number of nitrogens with one attached hydrogen (secondary N) is 3. The van der Waals surface area contributed by atoms with Gasteiger partial charge >= 0.3 is 0 Å². The van der Waals surface area contributed by atoms with Gasteiger partial charge in [0.25, 0.3) is 5.91 Å². The van der Waals surface area contributed by atoms with Crippen LogP contribution in [0.2, 0.25) is 0 Å². The Kier molecular flexibility index (Phi) is 3.28. The van der Waals surface area contributed by atoms with Crippen LogP contribution in [0.5, 0.6) is 0 Å². The minimum absolute atomic E-state index is 0.134. The van der Waals surface area contributed by atoms with Crippen LogP contribution >= 0.6 is 0 Å². The highest BCUT2D eigenvalue weighted by Crippen LogP contribution is 2.07. The third kappa shape index (κ3) is 2.45. The fraction of sp³-hybridized carbons (Fsp3) is 0.222. The molecule has 0 saturated heterocycles. The van der Waals surface area contributed by atoms with E-state index >= 15 is 0 Å². The molecular weight excluding hydrogens is 166 g/mol. The van der Waals surface area contributed by atoms with Gasteiger partial charge in [0.15, 0.2) is 0 Å². The fourth-order valence-electron chi connectivity index (χ4n) is 0.974. The lowest BCUT2D eigenvalue weighted by Gasteiger charge is -2.03. The van der Waals surface area contributed by atoms with Crippen molar-refractivity contribution < 1.29 is 4.79 Å². The van der Waals surface area contributed by atoms with Crippen LogP contribution in [-0.2, 0) is 0 Å². The van der Waals surface area contributed by atoms with E-state index < -0.39 is 0 Å². The molecule has 0 heterocycles. The zero-order chi connectivity index (χ0) is 9.68. The van der Waals surface area contributed by atoms with E-state index in [1.807, 2.05) is 19.2 Å². The molecule has 0 bridgehead atoms. The highest BCUT2D eigenvalue weighted by molar-refractivity contribution is 5.94. The molecule has 0 aliphatic heterocycles. The van der Waals surface area contributed by atoms with Crippen LogP contribution in [0.4, 0.5) is 5.69 Å². The lowest BCUT2D eigenvalue weighted by Crippen LogP contribution is -2.33. The Bertz CT molecular complexity index is 281. The van der Waals surface area contributed by atoms with Crippen LogP contribution in [-0.4, -0.2) is 20.0 Å². The molecule has 0 spiro atoms. The van der Waals surface area contributed by atoms with Gasteiger partial charge in [-0.3, -0.25) is 10.2 Å². The van der Waals surface area contributed by atoms with E-state index in [-0.39, 0.29) is 5.91 Å². The second-order valence-electron chi connectivity index (χ2n) is 2.53. The summed E-state index contributed by atoms with van der Waals surface area (Å²) in [5, 5.41) is 2.98. The monoisotopic (exact) mass is 179 g/mol. The topological polar surface area (TPSA) is 53.2 Å².